The van der Waals surface area contributed by atoms with Crippen molar-refractivity contribution >= 4 is 21.9 Å². The van der Waals surface area contributed by atoms with Gasteiger partial charge in [-0.15, -0.1) is 0 Å². The lowest BCUT2D eigenvalue weighted by atomic mass is 10.0. The Hall–Kier alpha value is -3.49. The Morgan fingerprint density at radius 2 is 1.44 bits per heavy atom. The molecular weight excluding hydrogens is 476 g/mol. The third-order valence-electron chi connectivity index (χ3n) is 6.36. The molecule has 0 fully saturated rings. The van der Waals surface area contributed by atoms with E-state index in [1.807, 2.05) is 50.2 Å². The van der Waals surface area contributed by atoms with Crippen LogP contribution in [0.2, 0.25) is 0 Å². The number of hydrogen-bond acceptors (Lipinski definition) is 4. The quantitative estimate of drug-likeness (QED) is 0.428. The first-order valence-corrected chi connectivity index (χ1v) is 13.2. The zero-order valence-electron chi connectivity index (χ0n) is 21.0. The minimum Gasteiger partial charge on any atom is -0.480 e. The molecule has 0 atom stereocenters. The molecule has 0 aliphatic carbocycles. The molecule has 0 saturated carbocycles. The highest BCUT2D eigenvalue weighted by atomic mass is 32.2. The number of carboxylic acid groups (broad SMARTS) is 1. The molecule has 8 heteroatoms. The molecule has 0 radical (unpaired) electrons. The highest BCUT2D eigenvalue weighted by Crippen LogP contribution is 2.26. The Bertz CT molecular complexity index is 1320. The van der Waals surface area contributed by atoms with E-state index in [1.54, 1.807) is 38.1 Å². The number of aryl methyl sites for hydroxylation is 2. The summed E-state index contributed by atoms with van der Waals surface area (Å²) in [5, 5.41) is 9.28. The molecule has 3 aromatic carbocycles. The molecule has 2 N–H and O–H groups in total. The molecule has 0 saturated heterocycles. The van der Waals surface area contributed by atoms with Gasteiger partial charge >= 0.3 is 5.97 Å². The number of rotatable bonds is 10. The van der Waals surface area contributed by atoms with Crippen LogP contribution in [0.15, 0.2) is 65.6 Å². The molecule has 0 aromatic heterocycles. The van der Waals surface area contributed by atoms with Gasteiger partial charge in [-0.3, -0.25) is 9.59 Å². The fourth-order valence-electron chi connectivity index (χ4n) is 4.11. The number of nitrogens with zero attached hydrogens (tertiary/aromatic N) is 1. The molecule has 0 spiro atoms. The topological polar surface area (TPSA) is 104 Å². The largest absolute Gasteiger partial charge is 0.480 e. The molecule has 36 heavy (non-hydrogen) atoms. The Kier molecular flexibility index (Phi) is 8.66. The van der Waals surface area contributed by atoms with Crippen LogP contribution in [0.1, 0.15) is 43.7 Å². The molecule has 3 rings (SSSR count). The van der Waals surface area contributed by atoms with Crippen molar-refractivity contribution < 1.29 is 23.1 Å². The van der Waals surface area contributed by atoms with Crippen molar-refractivity contribution in [2.75, 3.05) is 13.1 Å². The molecule has 0 unspecified atom stereocenters. The number of sulfonamides is 1. The first-order valence-electron chi connectivity index (χ1n) is 11.7. The minimum absolute atomic E-state index is 0.0650. The van der Waals surface area contributed by atoms with Gasteiger partial charge in [-0.2, -0.15) is 0 Å². The molecule has 190 valence electrons. The van der Waals surface area contributed by atoms with Crippen LogP contribution in [-0.2, 0) is 27.8 Å². The smallest absolute Gasteiger partial charge is 0.323 e. The molecule has 3 aromatic rings. The fraction of sp³-hybridized carbons (Fsp3) is 0.286. The summed E-state index contributed by atoms with van der Waals surface area (Å²) in [6.45, 7) is 7.32. The monoisotopic (exact) mass is 508 g/mol. The summed E-state index contributed by atoms with van der Waals surface area (Å²) >= 11 is 0. The Morgan fingerprint density at radius 1 is 0.861 bits per heavy atom. The molecule has 0 aliphatic heterocycles. The number of carboxylic acids is 1. The summed E-state index contributed by atoms with van der Waals surface area (Å²) in [4.78, 5) is 25.9. The van der Waals surface area contributed by atoms with Gasteiger partial charge in [0.25, 0.3) is 5.91 Å². The number of hydrogen-bond donors (Lipinski definition) is 2. The van der Waals surface area contributed by atoms with Gasteiger partial charge in [0, 0.05) is 18.7 Å². The fourth-order valence-corrected chi connectivity index (χ4v) is 5.74. The van der Waals surface area contributed by atoms with E-state index in [9.17, 15) is 23.1 Å². The highest BCUT2D eigenvalue weighted by molar-refractivity contribution is 7.89. The maximum atomic E-state index is 13.1. The molecule has 0 heterocycles. The second kappa shape index (κ2) is 11.5. The Balaban J connectivity index is 1.71. The van der Waals surface area contributed by atoms with Crippen molar-refractivity contribution in [2.45, 2.75) is 45.6 Å². The second-order valence-electron chi connectivity index (χ2n) is 8.97. The van der Waals surface area contributed by atoms with Gasteiger partial charge in [-0.25, -0.2) is 13.1 Å². The zero-order chi connectivity index (χ0) is 26.5. The highest BCUT2D eigenvalue weighted by Gasteiger charge is 2.22. The van der Waals surface area contributed by atoms with Crippen LogP contribution in [0.25, 0.3) is 0 Å². The lowest BCUT2D eigenvalue weighted by Gasteiger charge is -2.21. The summed E-state index contributed by atoms with van der Waals surface area (Å²) in [7, 11) is -3.74. The molecular formula is C28H32N2O5S. The van der Waals surface area contributed by atoms with Crippen molar-refractivity contribution in [3.63, 3.8) is 0 Å². The van der Waals surface area contributed by atoms with Crippen LogP contribution >= 0.6 is 0 Å². The third-order valence-corrected chi connectivity index (χ3v) is 8.03. The van der Waals surface area contributed by atoms with Gasteiger partial charge in [0.1, 0.15) is 6.54 Å². The normalized spacial score (nSPS) is 11.3. The van der Waals surface area contributed by atoms with Gasteiger partial charge in [0.05, 0.1) is 4.90 Å². The lowest BCUT2D eigenvalue weighted by Crippen LogP contribution is -2.37. The number of carbonyl (C=O) groups excluding carboxylic acids is 1. The van der Waals surface area contributed by atoms with Crippen molar-refractivity contribution in [1.29, 1.82) is 0 Å². The van der Waals surface area contributed by atoms with E-state index in [1.165, 1.54) is 4.90 Å². The van der Waals surface area contributed by atoms with Crippen LogP contribution in [0.4, 0.5) is 0 Å². The van der Waals surface area contributed by atoms with Crippen molar-refractivity contribution in [2.24, 2.45) is 0 Å². The summed E-state index contributed by atoms with van der Waals surface area (Å²) in [5.41, 5.74) is 5.32. The molecule has 1 amide bonds. The Morgan fingerprint density at radius 3 is 2.00 bits per heavy atom. The maximum absolute atomic E-state index is 13.1. The van der Waals surface area contributed by atoms with Gasteiger partial charge in [0.2, 0.25) is 10.0 Å². The Labute approximate surface area is 212 Å². The van der Waals surface area contributed by atoms with E-state index in [2.05, 4.69) is 4.72 Å². The van der Waals surface area contributed by atoms with Crippen LogP contribution in [-0.4, -0.2) is 43.4 Å². The average molecular weight is 509 g/mol. The first kappa shape index (κ1) is 27.1. The summed E-state index contributed by atoms with van der Waals surface area (Å²) in [5.74, 6) is -1.47. The summed E-state index contributed by atoms with van der Waals surface area (Å²) < 4.78 is 28.8. The van der Waals surface area contributed by atoms with E-state index in [0.717, 1.165) is 27.8 Å². The van der Waals surface area contributed by atoms with E-state index in [0.29, 0.717) is 22.4 Å². The number of benzene rings is 3. The zero-order valence-corrected chi connectivity index (χ0v) is 21.9. The van der Waals surface area contributed by atoms with Crippen LogP contribution in [0.5, 0.6) is 0 Å². The van der Waals surface area contributed by atoms with E-state index < -0.39 is 22.5 Å². The van der Waals surface area contributed by atoms with E-state index in [4.69, 9.17) is 0 Å². The van der Waals surface area contributed by atoms with Crippen LogP contribution in [0.3, 0.4) is 0 Å². The van der Waals surface area contributed by atoms with Crippen molar-refractivity contribution in [3.8, 4) is 0 Å². The number of aliphatic carboxylic acids is 1. The second-order valence-corrected chi connectivity index (χ2v) is 10.7. The first-order chi connectivity index (χ1) is 17.0. The average Bonchev–Trinajstić information content (AvgIpc) is 2.84. The van der Waals surface area contributed by atoms with Gasteiger partial charge in [-0.05, 0) is 79.6 Å². The lowest BCUT2D eigenvalue weighted by molar-refractivity contribution is -0.137. The summed E-state index contributed by atoms with van der Waals surface area (Å²) in [6, 6.07) is 18.1. The van der Waals surface area contributed by atoms with Crippen LogP contribution in [0, 0.1) is 27.7 Å². The number of nitrogens with one attached hydrogen (secondary N) is 1. The van der Waals surface area contributed by atoms with Gasteiger partial charge in [0.15, 0.2) is 0 Å². The van der Waals surface area contributed by atoms with E-state index >= 15 is 0 Å². The molecule has 0 aliphatic rings. The minimum atomic E-state index is -3.74. The third kappa shape index (κ3) is 6.59. The standard InChI is InChI=1S/C28H32N2O5S/c1-19-16-20(2)22(4)27(21(19)3)36(34,35)29-17-24-10-12-25(13-11-24)28(33)30(18-26(31)32)15-14-23-8-6-5-7-9-23/h5-13,16,29H,14-15,17-18H2,1-4H3,(H,31,32). The molecule has 7 nitrogen and oxygen atoms in total. The predicted molar refractivity (Wildman–Crippen MR) is 140 cm³/mol. The maximum Gasteiger partial charge on any atom is 0.323 e. The SMILES string of the molecule is Cc1cc(C)c(C)c(S(=O)(=O)NCc2ccc(C(=O)N(CCc3ccccc3)CC(=O)O)cc2)c1C. The van der Waals surface area contributed by atoms with Crippen LogP contribution < -0.4 is 4.72 Å². The van der Waals surface area contributed by atoms with E-state index in [-0.39, 0.29) is 19.0 Å². The molecule has 0 bridgehead atoms. The van der Waals surface area contributed by atoms with Crippen molar-refractivity contribution in [3.05, 3.63) is 99.6 Å². The van der Waals surface area contributed by atoms with Gasteiger partial charge < -0.3 is 10.0 Å². The number of carbonyl (C=O) groups is 2. The summed E-state index contributed by atoms with van der Waals surface area (Å²) in [6.07, 6.45) is 0.539. The number of amides is 1. The van der Waals surface area contributed by atoms with Crippen molar-refractivity contribution in [1.82, 2.24) is 9.62 Å². The predicted octanol–water partition coefficient (Wildman–Crippen LogP) is 4.17. The van der Waals surface area contributed by atoms with Gasteiger partial charge in [-0.1, -0.05) is 48.5 Å².